The first kappa shape index (κ1) is 18.3. The van der Waals surface area contributed by atoms with E-state index < -0.39 is 0 Å². The molecule has 0 aliphatic heterocycles. The lowest BCUT2D eigenvalue weighted by Gasteiger charge is -2.14. The molecule has 3 N–H and O–H groups in total. The molecule has 134 valence electrons. The van der Waals surface area contributed by atoms with Crippen LogP contribution in [0.1, 0.15) is 22.0 Å². The number of halogens is 1. The number of amides is 1. The first-order chi connectivity index (χ1) is 12.7. The average molecular weight is 369 g/mol. The van der Waals surface area contributed by atoms with E-state index in [4.69, 9.17) is 0 Å². The predicted molar refractivity (Wildman–Crippen MR) is 103 cm³/mol. The molecule has 0 saturated carbocycles. The van der Waals surface area contributed by atoms with Gasteiger partial charge in [0.1, 0.15) is 11.9 Å². The Morgan fingerprint density at radius 1 is 1.04 bits per heavy atom. The molecule has 0 fully saturated rings. The summed E-state index contributed by atoms with van der Waals surface area (Å²) in [7, 11) is 0. The van der Waals surface area contributed by atoms with E-state index in [9.17, 15) is 9.18 Å². The van der Waals surface area contributed by atoms with Crippen LogP contribution in [-0.4, -0.2) is 19.0 Å². The SMILES string of the molecule is O=C(C[NH2+][C@@H](c1ccccc1)c1cccs1)NCCc1ccccc1F. The van der Waals surface area contributed by atoms with Crippen molar-refractivity contribution in [1.82, 2.24) is 5.32 Å². The second-order valence-corrected chi connectivity index (χ2v) is 7.01. The first-order valence-corrected chi connectivity index (χ1v) is 9.54. The molecule has 0 spiro atoms. The fraction of sp³-hybridized carbons (Fsp3) is 0.190. The molecule has 1 heterocycles. The molecule has 1 aromatic heterocycles. The highest BCUT2D eigenvalue weighted by atomic mass is 32.1. The van der Waals surface area contributed by atoms with Crippen LogP contribution in [0.2, 0.25) is 0 Å². The van der Waals surface area contributed by atoms with Gasteiger partial charge in [0, 0.05) is 12.1 Å². The highest BCUT2D eigenvalue weighted by Gasteiger charge is 2.19. The second-order valence-electron chi connectivity index (χ2n) is 6.03. The lowest BCUT2D eigenvalue weighted by Crippen LogP contribution is -2.87. The number of rotatable bonds is 8. The van der Waals surface area contributed by atoms with E-state index >= 15 is 0 Å². The number of benzene rings is 2. The summed E-state index contributed by atoms with van der Waals surface area (Å²) in [5.74, 6) is -0.269. The van der Waals surface area contributed by atoms with E-state index in [1.54, 1.807) is 29.5 Å². The summed E-state index contributed by atoms with van der Waals surface area (Å²) in [6.45, 7) is 0.761. The predicted octanol–water partition coefficient (Wildman–Crippen LogP) is 2.90. The number of nitrogens with one attached hydrogen (secondary N) is 1. The average Bonchev–Trinajstić information content (AvgIpc) is 3.19. The molecule has 3 rings (SSSR count). The number of carbonyl (C=O) groups excluding carboxylic acids is 1. The van der Waals surface area contributed by atoms with Crippen LogP contribution in [0, 0.1) is 5.82 Å². The van der Waals surface area contributed by atoms with Crippen molar-refractivity contribution in [2.45, 2.75) is 12.5 Å². The summed E-state index contributed by atoms with van der Waals surface area (Å²) in [6.07, 6.45) is 0.492. The smallest absolute Gasteiger partial charge is 0.275 e. The molecular formula is C21H22FN2OS+. The van der Waals surface area contributed by atoms with Gasteiger partial charge in [-0.1, -0.05) is 54.6 Å². The molecule has 0 radical (unpaired) electrons. The van der Waals surface area contributed by atoms with Crippen molar-refractivity contribution >= 4 is 17.2 Å². The Kier molecular flexibility index (Phi) is 6.52. The Hall–Kier alpha value is -2.50. The topological polar surface area (TPSA) is 45.7 Å². The maximum absolute atomic E-state index is 13.6. The largest absolute Gasteiger partial charge is 0.351 e. The molecule has 0 aliphatic rings. The Morgan fingerprint density at radius 3 is 2.54 bits per heavy atom. The van der Waals surface area contributed by atoms with Gasteiger partial charge in [0.05, 0.1) is 4.88 Å². The molecule has 2 aromatic carbocycles. The Morgan fingerprint density at radius 2 is 1.81 bits per heavy atom. The summed E-state index contributed by atoms with van der Waals surface area (Å²) in [5, 5.41) is 6.97. The van der Waals surface area contributed by atoms with Crippen LogP contribution < -0.4 is 10.6 Å². The van der Waals surface area contributed by atoms with E-state index in [0.29, 0.717) is 25.1 Å². The van der Waals surface area contributed by atoms with Gasteiger partial charge < -0.3 is 10.6 Å². The number of quaternary nitrogens is 1. The van der Waals surface area contributed by atoms with Crippen molar-refractivity contribution in [3.63, 3.8) is 0 Å². The Balaban J connectivity index is 1.52. The molecule has 5 heteroatoms. The molecule has 0 aliphatic carbocycles. The zero-order chi connectivity index (χ0) is 18.2. The van der Waals surface area contributed by atoms with E-state index in [1.807, 2.05) is 35.0 Å². The van der Waals surface area contributed by atoms with Crippen molar-refractivity contribution in [1.29, 1.82) is 0 Å². The van der Waals surface area contributed by atoms with Gasteiger partial charge in [-0.15, -0.1) is 11.3 Å². The number of hydrogen-bond donors (Lipinski definition) is 2. The lowest BCUT2D eigenvalue weighted by atomic mass is 10.1. The van der Waals surface area contributed by atoms with E-state index in [2.05, 4.69) is 23.5 Å². The third-order valence-electron chi connectivity index (χ3n) is 4.22. The molecule has 0 bridgehead atoms. The zero-order valence-corrected chi connectivity index (χ0v) is 15.2. The van der Waals surface area contributed by atoms with Crippen LogP contribution in [0.15, 0.2) is 72.1 Å². The third kappa shape index (κ3) is 5.00. The van der Waals surface area contributed by atoms with Gasteiger partial charge in [-0.2, -0.15) is 0 Å². The Bertz CT molecular complexity index is 821. The van der Waals surface area contributed by atoms with Crippen molar-refractivity contribution < 1.29 is 14.5 Å². The highest BCUT2D eigenvalue weighted by molar-refractivity contribution is 7.10. The van der Waals surface area contributed by atoms with Crippen molar-refractivity contribution in [2.75, 3.05) is 13.1 Å². The zero-order valence-electron chi connectivity index (χ0n) is 14.4. The summed E-state index contributed by atoms with van der Waals surface area (Å²) >= 11 is 1.69. The Labute approximate surface area is 156 Å². The van der Waals surface area contributed by atoms with Crippen LogP contribution in [0.3, 0.4) is 0 Å². The number of nitrogens with two attached hydrogens (primary N) is 1. The van der Waals surface area contributed by atoms with Gasteiger partial charge >= 0.3 is 0 Å². The molecule has 26 heavy (non-hydrogen) atoms. The summed E-state index contributed by atoms with van der Waals surface area (Å²) in [4.78, 5) is 13.4. The van der Waals surface area contributed by atoms with Crippen LogP contribution in [0.5, 0.6) is 0 Å². The van der Waals surface area contributed by atoms with E-state index in [-0.39, 0.29) is 17.8 Å². The maximum Gasteiger partial charge on any atom is 0.275 e. The number of thiophene rings is 1. The van der Waals surface area contributed by atoms with Gasteiger partial charge in [-0.05, 0) is 29.5 Å². The summed E-state index contributed by atoms with van der Waals surface area (Å²) in [6, 6.07) is 21.1. The number of hydrogen-bond acceptors (Lipinski definition) is 2. The second kappa shape index (κ2) is 9.27. The molecule has 1 atom stereocenters. The maximum atomic E-state index is 13.6. The molecule has 1 amide bonds. The quantitative estimate of drug-likeness (QED) is 0.630. The normalized spacial score (nSPS) is 11.9. The molecule has 3 aromatic rings. The van der Waals surface area contributed by atoms with Gasteiger partial charge in [0.2, 0.25) is 0 Å². The van der Waals surface area contributed by atoms with Crippen molar-refractivity contribution in [2.24, 2.45) is 0 Å². The van der Waals surface area contributed by atoms with E-state index in [1.165, 1.54) is 16.5 Å². The molecule has 0 unspecified atom stereocenters. The van der Waals surface area contributed by atoms with Gasteiger partial charge in [0.25, 0.3) is 5.91 Å². The van der Waals surface area contributed by atoms with Crippen molar-refractivity contribution in [3.8, 4) is 0 Å². The monoisotopic (exact) mass is 369 g/mol. The van der Waals surface area contributed by atoms with Crippen LogP contribution >= 0.6 is 11.3 Å². The first-order valence-electron chi connectivity index (χ1n) is 8.66. The standard InChI is InChI=1S/C21H21FN2OS/c22-18-10-5-4-7-16(18)12-13-23-20(25)15-24-21(19-11-6-14-26-19)17-8-2-1-3-9-17/h1-11,14,21,24H,12-13,15H2,(H,23,25)/p+1/t21-/m0/s1. The van der Waals surface area contributed by atoms with Crippen molar-refractivity contribution in [3.05, 3.63) is 93.9 Å². The minimum Gasteiger partial charge on any atom is -0.351 e. The molecular weight excluding hydrogens is 347 g/mol. The van der Waals surface area contributed by atoms with Crippen LogP contribution in [0.4, 0.5) is 4.39 Å². The van der Waals surface area contributed by atoms with Gasteiger partial charge in [-0.3, -0.25) is 4.79 Å². The third-order valence-corrected chi connectivity index (χ3v) is 5.18. The summed E-state index contributed by atoms with van der Waals surface area (Å²) in [5.41, 5.74) is 1.80. The van der Waals surface area contributed by atoms with Crippen LogP contribution in [0.25, 0.3) is 0 Å². The van der Waals surface area contributed by atoms with Gasteiger partial charge in [-0.25, -0.2) is 4.39 Å². The fourth-order valence-electron chi connectivity index (χ4n) is 2.88. The van der Waals surface area contributed by atoms with Crippen LogP contribution in [-0.2, 0) is 11.2 Å². The fourth-order valence-corrected chi connectivity index (χ4v) is 3.73. The lowest BCUT2D eigenvalue weighted by molar-refractivity contribution is -0.676. The van der Waals surface area contributed by atoms with E-state index in [0.717, 1.165) is 0 Å². The molecule has 3 nitrogen and oxygen atoms in total. The molecule has 0 saturated heterocycles. The summed E-state index contributed by atoms with van der Waals surface area (Å²) < 4.78 is 13.6. The highest BCUT2D eigenvalue weighted by Crippen LogP contribution is 2.22. The number of carbonyl (C=O) groups is 1. The van der Waals surface area contributed by atoms with Gasteiger partial charge in [0.15, 0.2) is 6.54 Å². The minimum absolute atomic E-state index is 0.0428. The minimum atomic E-state index is -0.227.